The Hall–Kier alpha value is -1.44. The van der Waals surface area contributed by atoms with E-state index in [-0.39, 0.29) is 0 Å². The number of methoxy groups -OCH3 is 2. The van der Waals surface area contributed by atoms with Gasteiger partial charge in [0.25, 0.3) is 0 Å². The highest BCUT2D eigenvalue weighted by Gasteiger charge is 1.98. The third-order valence-electron chi connectivity index (χ3n) is 1.92. The summed E-state index contributed by atoms with van der Waals surface area (Å²) in [6.45, 7) is 2.11. The van der Waals surface area contributed by atoms with E-state index in [0.29, 0.717) is 0 Å². The van der Waals surface area contributed by atoms with Crippen molar-refractivity contribution in [1.29, 1.82) is 0 Å². The predicted octanol–water partition coefficient (Wildman–Crippen LogP) is 3.13. The van der Waals surface area contributed by atoms with Crippen molar-refractivity contribution in [3.8, 4) is 11.5 Å². The molecule has 0 amide bonds. The lowest BCUT2D eigenvalue weighted by Crippen LogP contribution is -1.87. The minimum atomic E-state index is 0.820. The highest BCUT2D eigenvalue weighted by molar-refractivity contribution is 5.55. The summed E-state index contributed by atoms with van der Waals surface area (Å²) in [5.74, 6) is 1.64. The summed E-state index contributed by atoms with van der Waals surface area (Å²) in [5.41, 5.74) is 1.10. The van der Waals surface area contributed by atoms with E-state index in [4.69, 9.17) is 9.47 Å². The highest BCUT2D eigenvalue weighted by Crippen LogP contribution is 2.23. The van der Waals surface area contributed by atoms with E-state index in [1.807, 2.05) is 18.2 Å². The molecule has 2 nitrogen and oxygen atoms in total. The molecule has 0 bridgehead atoms. The van der Waals surface area contributed by atoms with Gasteiger partial charge < -0.3 is 9.47 Å². The minimum Gasteiger partial charge on any atom is -0.497 e. The van der Waals surface area contributed by atoms with Crippen LogP contribution in [0.15, 0.2) is 24.3 Å². The third-order valence-corrected chi connectivity index (χ3v) is 1.92. The number of hydrogen-bond donors (Lipinski definition) is 0. The molecule has 0 saturated carbocycles. The van der Waals surface area contributed by atoms with Crippen LogP contribution in [0.25, 0.3) is 6.08 Å². The van der Waals surface area contributed by atoms with Crippen LogP contribution in [0.2, 0.25) is 0 Å². The molecule has 0 N–H and O–H groups in total. The van der Waals surface area contributed by atoms with Crippen LogP contribution >= 0.6 is 0 Å². The van der Waals surface area contributed by atoms with Crippen LogP contribution in [0.3, 0.4) is 0 Å². The van der Waals surface area contributed by atoms with Crippen molar-refractivity contribution in [1.82, 2.24) is 0 Å². The first-order valence-corrected chi connectivity index (χ1v) is 4.69. The van der Waals surface area contributed by atoms with Crippen molar-refractivity contribution in [2.45, 2.75) is 13.3 Å². The smallest absolute Gasteiger partial charge is 0.123 e. The summed E-state index contributed by atoms with van der Waals surface area (Å²) in [6.07, 6.45) is 5.19. The average Bonchev–Trinajstić information content (AvgIpc) is 2.25. The van der Waals surface area contributed by atoms with Gasteiger partial charge in [0.05, 0.1) is 14.2 Å². The van der Waals surface area contributed by atoms with Gasteiger partial charge in [-0.25, -0.2) is 0 Å². The largest absolute Gasteiger partial charge is 0.497 e. The van der Waals surface area contributed by atoms with Gasteiger partial charge in [0, 0.05) is 6.07 Å². The molecule has 0 aromatic heterocycles. The summed E-state index contributed by atoms with van der Waals surface area (Å²) in [6, 6.07) is 5.83. The van der Waals surface area contributed by atoms with Crippen LogP contribution in [0, 0.1) is 0 Å². The molecule has 0 atom stereocenters. The van der Waals surface area contributed by atoms with Crippen LogP contribution in [0.5, 0.6) is 11.5 Å². The van der Waals surface area contributed by atoms with E-state index in [1.54, 1.807) is 14.2 Å². The molecule has 0 unspecified atom stereocenters. The van der Waals surface area contributed by atoms with E-state index >= 15 is 0 Å². The molecule has 0 fully saturated rings. The van der Waals surface area contributed by atoms with Gasteiger partial charge in [0.15, 0.2) is 0 Å². The van der Waals surface area contributed by atoms with Crippen molar-refractivity contribution in [3.05, 3.63) is 29.8 Å². The fourth-order valence-electron chi connectivity index (χ4n) is 1.18. The molecule has 0 spiro atoms. The molecule has 1 aromatic carbocycles. The Morgan fingerprint density at radius 2 is 1.64 bits per heavy atom. The summed E-state index contributed by atoms with van der Waals surface area (Å²) in [4.78, 5) is 0. The number of benzene rings is 1. The van der Waals surface area contributed by atoms with Crippen LogP contribution in [0.4, 0.5) is 0 Å². The molecule has 1 rings (SSSR count). The zero-order chi connectivity index (χ0) is 10.4. The molecule has 0 heterocycles. The van der Waals surface area contributed by atoms with Gasteiger partial charge in [0.1, 0.15) is 11.5 Å². The zero-order valence-electron chi connectivity index (χ0n) is 8.91. The lowest BCUT2D eigenvalue weighted by molar-refractivity contribution is 0.394. The third kappa shape index (κ3) is 2.80. The molecule has 0 radical (unpaired) electrons. The minimum absolute atomic E-state index is 0.820. The van der Waals surface area contributed by atoms with Crippen molar-refractivity contribution in [3.63, 3.8) is 0 Å². The maximum Gasteiger partial charge on any atom is 0.123 e. The van der Waals surface area contributed by atoms with Gasteiger partial charge in [-0.3, -0.25) is 0 Å². The SMILES string of the molecule is CCC=Cc1cc(OC)cc(OC)c1. The quantitative estimate of drug-likeness (QED) is 0.729. The Morgan fingerprint density at radius 1 is 1.07 bits per heavy atom. The van der Waals surface area contributed by atoms with Gasteiger partial charge >= 0.3 is 0 Å². The first-order valence-electron chi connectivity index (χ1n) is 4.69. The molecule has 2 heteroatoms. The van der Waals surface area contributed by atoms with Crippen molar-refractivity contribution < 1.29 is 9.47 Å². The Labute approximate surface area is 85.2 Å². The number of ether oxygens (including phenoxy) is 2. The van der Waals surface area contributed by atoms with Crippen LogP contribution in [-0.4, -0.2) is 14.2 Å². The molecule has 0 aliphatic carbocycles. The second-order valence-electron chi connectivity index (χ2n) is 2.96. The summed E-state index contributed by atoms with van der Waals surface area (Å²) in [7, 11) is 3.31. The molecule has 14 heavy (non-hydrogen) atoms. The Bertz CT molecular complexity index is 294. The zero-order valence-corrected chi connectivity index (χ0v) is 8.91. The Morgan fingerprint density at radius 3 is 2.07 bits per heavy atom. The number of rotatable bonds is 4. The van der Waals surface area contributed by atoms with Gasteiger partial charge in [-0.05, 0) is 24.1 Å². The molecular weight excluding hydrogens is 176 g/mol. The topological polar surface area (TPSA) is 18.5 Å². The fourth-order valence-corrected chi connectivity index (χ4v) is 1.18. The highest BCUT2D eigenvalue weighted by atomic mass is 16.5. The number of allylic oxidation sites excluding steroid dienone is 1. The van der Waals surface area contributed by atoms with E-state index < -0.39 is 0 Å². The molecular formula is C12H16O2. The van der Waals surface area contributed by atoms with Crippen LogP contribution < -0.4 is 9.47 Å². The van der Waals surface area contributed by atoms with Crippen molar-refractivity contribution >= 4 is 6.08 Å². The first-order chi connectivity index (χ1) is 6.80. The van der Waals surface area contributed by atoms with E-state index in [0.717, 1.165) is 23.5 Å². The molecule has 76 valence electrons. The van der Waals surface area contributed by atoms with Gasteiger partial charge in [-0.1, -0.05) is 19.1 Å². The lowest BCUT2D eigenvalue weighted by Gasteiger charge is -2.05. The maximum absolute atomic E-state index is 5.16. The predicted molar refractivity (Wildman–Crippen MR) is 58.9 cm³/mol. The van der Waals surface area contributed by atoms with E-state index in [2.05, 4.69) is 19.1 Å². The Balaban J connectivity index is 2.98. The molecule has 1 aromatic rings. The summed E-state index contributed by atoms with van der Waals surface area (Å²) < 4.78 is 10.3. The number of hydrogen-bond acceptors (Lipinski definition) is 2. The second-order valence-corrected chi connectivity index (χ2v) is 2.96. The molecule has 0 aliphatic heterocycles. The monoisotopic (exact) mass is 192 g/mol. The lowest BCUT2D eigenvalue weighted by atomic mass is 10.2. The van der Waals surface area contributed by atoms with E-state index in [9.17, 15) is 0 Å². The normalized spacial score (nSPS) is 10.5. The second kappa shape index (κ2) is 5.32. The Kier molecular flexibility index (Phi) is 4.05. The first kappa shape index (κ1) is 10.6. The van der Waals surface area contributed by atoms with Gasteiger partial charge in [-0.15, -0.1) is 0 Å². The maximum atomic E-state index is 5.16. The average molecular weight is 192 g/mol. The van der Waals surface area contributed by atoms with Crippen molar-refractivity contribution in [2.24, 2.45) is 0 Å². The van der Waals surface area contributed by atoms with Gasteiger partial charge in [-0.2, -0.15) is 0 Å². The fraction of sp³-hybridized carbons (Fsp3) is 0.333. The summed E-state index contributed by atoms with van der Waals surface area (Å²) >= 11 is 0. The van der Waals surface area contributed by atoms with Gasteiger partial charge in [0.2, 0.25) is 0 Å². The van der Waals surface area contributed by atoms with E-state index in [1.165, 1.54) is 0 Å². The standard InChI is InChI=1S/C12H16O2/c1-4-5-6-10-7-11(13-2)9-12(8-10)14-3/h5-9H,4H2,1-3H3. The van der Waals surface area contributed by atoms with Crippen molar-refractivity contribution in [2.75, 3.05) is 14.2 Å². The molecule has 0 aliphatic rings. The molecule has 0 saturated heterocycles. The van der Waals surface area contributed by atoms with Crippen LogP contribution in [-0.2, 0) is 0 Å². The summed E-state index contributed by atoms with van der Waals surface area (Å²) in [5, 5.41) is 0. The van der Waals surface area contributed by atoms with Crippen LogP contribution in [0.1, 0.15) is 18.9 Å².